The van der Waals surface area contributed by atoms with Gasteiger partial charge in [0.05, 0.1) is 33.5 Å². The maximum Gasteiger partial charge on any atom is 0.494 e. The summed E-state index contributed by atoms with van der Waals surface area (Å²) in [4.78, 5) is 3.68. The zero-order valence-electron chi connectivity index (χ0n) is 52.5. The number of anilines is 6. The van der Waals surface area contributed by atoms with Crippen molar-refractivity contribution in [2.24, 2.45) is 0 Å². The third-order valence-corrected chi connectivity index (χ3v) is 16.0. The molecule has 1 fully saturated rings. The molecule has 3 aliphatic rings. The molecule has 9 aromatic rings. The van der Waals surface area contributed by atoms with E-state index in [9.17, 15) is 11.0 Å². The van der Waals surface area contributed by atoms with Crippen LogP contribution in [0.2, 0.25) is 10.0 Å². The van der Waals surface area contributed by atoms with Crippen molar-refractivity contribution in [3.05, 3.63) is 215 Å². The molecule has 0 atom stereocenters. The van der Waals surface area contributed by atoms with Crippen molar-refractivity contribution in [1.29, 1.82) is 0 Å². The molecule has 0 aliphatic carbocycles. The lowest BCUT2D eigenvalue weighted by Gasteiger charge is -2.46. The molecule has 0 unspecified atom stereocenters. The Labute approximate surface area is 471 Å². The Hall–Kier alpha value is -6.79. The van der Waals surface area contributed by atoms with Crippen molar-refractivity contribution >= 4 is 93.0 Å². The highest BCUT2D eigenvalue weighted by Gasteiger charge is 2.53. The van der Waals surface area contributed by atoms with Gasteiger partial charge in [0.25, 0.3) is 6.71 Å². The molecule has 0 aromatic heterocycles. The van der Waals surface area contributed by atoms with Gasteiger partial charge in [-0.15, -0.1) is 0 Å². The lowest BCUT2D eigenvalue weighted by Crippen LogP contribution is -2.62. The van der Waals surface area contributed by atoms with Gasteiger partial charge in [-0.1, -0.05) is 198 Å². The SMILES string of the molecule is [2H]c1c([2H])c2c(c([2H])c1Cl)N(c1c(-c3ccccc3)cc(C(C)(C)C)cc1-c1ccccc1)c1c([2H])c(B3OC(C)(C)C(C)(C)O3)c([2H])c3c1B2c1c([2H])c([2H])c(Cl)c([2H])c1N3c1c(-c2ccccc2)cc(C(C)(C)C)cc1-c1ccccc1. The zero-order valence-corrected chi connectivity index (χ0v) is 46.0. The van der Waals surface area contributed by atoms with Crippen LogP contribution in [0.1, 0.15) is 91.3 Å². The van der Waals surface area contributed by atoms with Gasteiger partial charge in [-0.25, -0.2) is 0 Å². The number of hydrogen-bond acceptors (Lipinski definition) is 4. The van der Waals surface area contributed by atoms with Gasteiger partial charge in [0.15, 0.2) is 0 Å². The lowest BCUT2D eigenvalue weighted by atomic mass is 9.33. The van der Waals surface area contributed by atoms with Crippen molar-refractivity contribution in [3.8, 4) is 44.5 Å². The molecular weight excluding hydrogens is 969 g/mol. The molecule has 376 valence electrons. The first-order valence-electron chi connectivity index (χ1n) is 30.0. The average Bonchev–Trinajstić information content (AvgIpc) is 0.852. The van der Waals surface area contributed by atoms with Crippen molar-refractivity contribution in [2.75, 3.05) is 9.80 Å². The van der Waals surface area contributed by atoms with Crippen LogP contribution in [0, 0.1) is 0 Å². The highest BCUT2D eigenvalue weighted by molar-refractivity contribution is 7.00. The minimum atomic E-state index is -1.37. The molecule has 0 spiro atoms. The summed E-state index contributed by atoms with van der Waals surface area (Å²) in [5, 5.41) is -0.616. The van der Waals surface area contributed by atoms with Crippen LogP contribution in [0.3, 0.4) is 0 Å². The van der Waals surface area contributed by atoms with Crippen LogP contribution in [0.5, 0.6) is 0 Å². The fourth-order valence-electron chi connectivity index (χ4n) is 10.8. The van der Waals surface area contributed by atoms with Crippen LogP contribution in [-0.2, 0) is 20.1 Å². The summed E-state index contributed by atoms with van der Waals surface area (Å²) in [6, 6.07) is 45.5. The van der Waals surface area contributed by atoms with E-state index in [2.05, 4.69) is 65.8 Å². The maximum atomic E-state index is 11.1. The van der Waals surface area contributed by atoms with Gasteiger partial charge >= 0.3 is 7.12 Å². The number of benzene rings is 9. The number of halogens is 2. The minimum Gasteiger partial charge on any atom is -0.399 e. The minimum absolute atomic E-state index is 0.0485. The van der Waals surface area contributed by atoms with E-state index in [0.717, 1.165) is 33.4 Å². The predicted molar refractivity (Wildman–Crippen MR) is 325 cm³/mol. The van der Waals surface area contributed by atoms with E-state index in [1.54, 1.807) is 0 Å². The Kier molecular flexibility index (Phi) is 10.0. The van der Waals surface area contributed by atoms with Crippen LogP contribution in [-0.4, -0.2) is 25.0 Å². The van der Waals surface area contributed by atoms with E-state index in [0.29, 0.717) is 33.6 Å². The second kappa shape index (κ2) is 18.5. The molecule has 9 aromatic carbocycles. The van der Waals surface area contributed by atoms with Crippen molar-refractivity contribution < 1.29 is 20.3 Å². The Balaban J connectivity index is 1.38. The highest BCUT2D eigenvalue weighted by atomic mass is 35.5. The molecule has 0 bridgehead atoms. The summed E-state index contributed by atoms with van der Waals surface area (Å²) in [6.45, 7) is 19.2. The first-order valence-corrected chi connectivity index (χ1v) is 26.7. The van der Waals surface area contributed by atoms with Crippen LogP contribution < -0.4 is 31.7 Å². The van der Waals surface area contributed by atoms with E-state index >= 15 is 0 Å². The average molecular weight is 1040 g/mol. The second-order valence-electron chi connectivity index (χ2n) is 23.2. The zero-order chi connectivity index (χ0) is 60.0. The maximum absolute atomic E-state index is 11.1. The van der Waals surface area contributed by atoms with Crippen LogP contribution >= 0.6 is 23.2 Å². The van der Waals surface area contributed by atoms with Crippen molar-refractivity contribution in [1.82, 2.24) is 0 Å². The predicted octanol–water partition coefficient (Wildman–Crippen LogP) is 16.6. The fraction of sp³-hybridized carbons (Fsp3) is 0.206. The topological polar surface area (TPSA) is 24.9 Å². The standard InChI is InChI=1S/C68H62B2Cl2N2O2/c1-65(2,3)47-35-52(43-23-15-11-16-24-43)63(53(36-47)44-25-17-12-18-26-44)73-58-41-50(71)31-33-56(58)69-57-34-32-51(72)42-59(57)74(61-40-49(39-60(73)62(61)69)70-75-67(7,8)68(9,10)76-70)64-54(45-27-19-13-20-28-45)37-48(66(4,5)6)38-55(64)46-29-21-14-22-30-46/h11-42H,1-10H3/i31D,32D,33D,34D,39D,40D,41D,42D. The summed E-state index contributed by atoms with van der Waals surface area (Å²) >= 11 is 14.5. The summed E-state index contributed by atoms with van der Waals surface area (Å²) in [5.41, 5.74) is 7.25. The smallest absolute Gasteiger partial charge is 0.399 e. The lowest BCUT2D eigenvalue weighted by molar-refractivity contribution is 0.00578. The Morgan fingerprint density at radius 3 is 1.07 bits per heavy atom. The number of rotatable bonds is 7. The van der Waals surface area contributed by atoms with Gasteiger partial charge in [-0.3, -0.25) is 0 Å². The number of fused-ring (bicyclic) bond motifs is 4. The summed E-state index contributed by atoms with van der Waals surface area (Å²) in [6.07, 6.45) is 0. The van der Waals surface area contributed by atoms with Crippen molar-refractivity contribution in [3.63, 3.8) is 0 Å². The Bertz CT molecular complexity index is 3810. The number of nitrogens with zero attached hydrogens (tertiary/aromatic N) is 2. The molecular formula is C68H62B2Cl2N2O2. The fourth-order valence-corrected chi connectivity index (χ4v) is 11.1. The molecule has 0 saturated carbocycles. The third-order valence-electron chi connectivity index (χ3n) is 15.6. The molecule has 1 saturated heterocycles. The van der Waals surface area contributed by atoms with Crippen LogP contribution in [0.15, 0.2) is 194 Å². The highest BCUT2D eigenvalue weighted by Crippen LogP contribution is 2.54. The molecule has 8 heteroatoms. The van der Waals surface area contributed by atoms with Gasteiger partial charge in [0, 0.05) is 55.0 Å². The van der Waals surface area contributed by atoms with E-state index in [4.69, 9.17) is 32.5 Å². The first kappa shape index (κ1) is 41.4. The third kappa shape index (κ3) is 8.50. The van der Waals surface area contributed by atoms with E-state index in [1.807, 2.05) is 159 Å². The molecule has 4 nitrogen and oxygen atoms in total. The van der Waals surface area contributed by atoms with Gasteiger partial charge in [0.1, 0.15) is 0 Å². The summed E-state index contributed by atoms with van der Waals surface area (Å²) in [7, 11) is -1.33. The molecule has 0 N–H and O–H groups in total. The van der Waals surface area contributed by atoms with E-state index in [-0.39, 0.29) is 90.9 Å². The van der Waals surface area contributed by atoms with Crippen LogP contribution in [0.25, 0.3) is 44.5 Å². The van der Waals surface area contributed by atoms with Gasteiger partial charge in [0.2, 0.25) is 0 Å². The monoisotopic (exact) mass is 1040 g/mol. The number of hydrogen-bond donors (Lipinski definition) is 0. The van der Waals surface area contributed by atoms with Gasteiger partial charge in [-0.2, -0.15) is 0 Å². The van der Waals surface area contributed by atoms with Crippen LogP contribution in [0.4, 0.5) is 34.1 Å². The quantitative estimate of drug-likeness (QED) is 0.149. The van der Waals surface area contributed by atoms with E-state index in [1.165, 1.54) is 0 Å². The molecule has 12 rings (SSSR count). The van der Waals surface area contributed by atoms with Crippen molar-refractivity contribution in [2.45, 2.75) is 91.3 Å². The normalized spacial score (nSPS) is 16.8. The van der Waals surface area contributed by atoms with E-state index < -0.39 is 47.9 Å². The summed E-state index contributed by atoms with van der Waals surface area (Å²) in [5.74, 6) is 0. The Morgan fingerprint density at radius 1 is 0.447 bits per heavy atom. The molecule has 3 aliphatic heterocycles. The summed E-state index contributed by atoms with van der Waals surface area (Å²) < 4.78 is 96.7. The molecule has 0 amide bonds. The first-order chi connectivity index (χ1) is 39.7. The molecule has 3 heterocycles. The van der Waals surface area contributed by atoms with Gasteiger partial charge in [-0.05, 0) is 154 Å². The second-order valence-corrected chi connectivity index (χ2v) is 23.9. The molecule has 0 radical (unpaired) electrons. The molecule has 76 heavy (non-hydrogen) atoms. The van der Waals surface area contributed by atoms with Gasteiger partial charge < -0.3 is 19.1 Å². The largest absolute Gasteiger partial charge is 0.494 e. The Morgan fingerprint density at radius 2 is 0.763 bits per heavy atom.